The number of hydrogen-bond acceptors (Lipinski definition) is 6. The first-order chi connectivity index (χ1) is 8.20. The summed E-state index contributed by atoms with van der Waals surface area (Å²) in [5, 5.41) is 5.04. The Balaban J connectivity index is 1.93. The topological polar surface area (TPSA) is 67.1 Å². The van der Waals surface area contributed by atoms with Gasteiger partial charge in [0, 0.05) is 24.1 Å². The number of nitrogen functional groups attached to an aromatic ring is 1. The molecular weight excluding hydrogens is 234 g/mol. The molecule has 96 valence electrons. The molecule has 0 amide bonds. The molecule has 17 heavy (non-hydrogen) atoms. The van der Waals surface area contributed by atoms with E-state index in [0.29, 0.717) is 0 Å². The van der Waals surface area contributed by atoms with E-state index < -0.39 is 0 Å². The second-order valence-corrected chi connectivity index (χ2v) is 5.83. The maximum atomic E-state index is 5.45. The average Bonchev–Trinajstić information content (AvgIpc) is 3.04. The van der Waals surface area contributed by atoms with Crippen LogP contribution in [0.2, 0.25) is 0 Å². The molecule has 0 atom stereocenters. The van der Waals surface area contributed by atoms with E-state index in [1.54, 1.807) is 0 Å². The van der Waals surface area contributed by atoms with Crippen LogP contribution in [0, 0.1) is 5.92 Å². The smallest absolute Gasteiger partial charge is 0.148 e. The molecule has 6 heteroatoms. The Bertz CT molecular complexity index is 347. The van der Waals surface area contributed by atoms with Crippen molar-refractivity contribution in [1.29, 1.82) is 0 Å². The highest BCUT2D eigenvalue weighted by atomic mass is 32.1. The summed E-state index contributed by atoms with van der Waals surface area (Å²) in [6.45, 7) is 6.54. The molecule has 0 saturated heterocycles. The zero-order valence-electron chi connectivity index (χ0n) is 10.5. The Hall–Kier alpha value is -0.720. The third-order valence-electron chi connectivity index (χ3n) is 3.10. The number of nitrogens with one attached hydrogen (secondary N) is 1. The molecule has 0 spiro atoms. The standard InChI is InChI=1S/C11H21N5S/c1-8(2)5-6-16(9-3-4-9)7-10-11(13-12)17-15-14-10/h8-9,13H,3-7,12H2,1-2H3. The summed E-state index contributed by atoms with van der Waals surface area (Å²) in [5.41, 5.74) is 3.65. The van der Waals surface area contributed by atoms with E-state index in [4.69, 9.17) is 5.84 Å². The maximum absolute atomic E-state index is 5.45. The van der Waals surface area contributed by atoms with Crippen LogP contribution in [0.3, 0.4) is 0 Å². The SMILES string of the molecule is CC(C)CCN(Cc1nnsc1NN)C1CC1. The summed E-state index contributed by atoms with van der Waals surface area (Å²) in [6.07, 6.45) is 3.88. The van der Waals surface area contributed by atoms with Gasteiger partial charge >= 0.3 is 0 Å². The summed E-state index contributed by atoms with van der Waals surface area (Å²) in [6, 6.07) is 0.751. The number of nitrogens with zero attached hydrogens (tertiary/aromatic N) is 3. The van der Waals surface area contributed by atoms with E-state index in [1.165, 1.54) is 30.8 Å². The van der Waals surface area contributed by atoms with Gasteiger partial charge in [0.25, 0.3) is 0 Å². The summed E-state index contributed by atoms with van der Waals surface area (Å²) in [7, 11) is 0. The van der Waals surface area contributed by atoms with Crippen LogP contribution in [-0.2, 0) is 6.54 Å². The Morgan fingerprint density at radius 1 is 1.53 bits per heavy atom. The highest BCUT2D eigenvalue weighted by Crippen LogP contribution is 2.30. The third kappa shape index (κ3) is 3.62. The van der Waals surface area contributed by atoms with Crippen molar-refractivity contribution in [2.24, 2.45) is 11.8 Å². The minimum atomic E-state index is 0.747. The van der Waals surface area contributed by atoms with Gasteiger partial charge in [-0.1, -0.05) is 18.3 Å². The molecule has 1 heterocycles. The lowest BCUT2D eigenvalue weighted by atomic mass is 10.1. The number of hydrazine groups is 1. The lowest BCUT2D eigenvalue weighted by Gasteiger charge is -2.22. The number of aromatic nitrogens is 2. The van der Waals surface area contributed by atoms with Gasteiger partial charge in [-0.15, -0.1) is 5.10 Å². The van der Waals surface area contributed by atoms with Gasteiger partial charge in [-0.3, -0.25) is 4.90 Å². The van der Waals surface area contributed by atoms with Crippen molar-refractivity contribution in [1.82, 2.24) is 14.5 Å². The largest absolute Gasteiger partial charge is 0.313 e. The molecule has 1 aromatic heterocycles. The Kier molecular flexibility index (Phi) is 4.31. The summed E-state index contributed by atoms with van der Waals surface area (Å²) < 4.78 is 3.94. The lowest BCUT2D eigenvalue weighted by molar-refractivity contribution is 0.237. The highest BCUT2D eigenvalue weighted by molar-refractivity contribution is 7.10. The molecule has 1 aliphatic rings. The minimum absolute atomic E-state index is 0.747. The van der Waals surface area contributed by atoms with Crippen LogP contribution in [0.15, 0.2) is 0 Å². The van der Waals surface area contributed by atoms with Gasteiger partial charge in [0.2, 0.25) is 0 Å². The first-order valence-electron chi connectivity index (χ1n) is 6.22. The van der Waals surface area contributed by atoms with Crippen molar-refractivity contribution in [2.75, 3.05) is 12.0 Å². The monoisotopic (exact) mass is 255 g/mol. The zero-order chi connectivity index (χ0) is 12.3. The first-order valence-corrected chi connectivity index (χ1v) is 7.00. The van der Waals surface area contributed by atoms with Gasteiger partial charge in [-0.05, 0) is 31.7 Å². The van der Waals surface area contributed by atoms with Crippen molar-refractivity contribution in [3.63, 3.8) is 0 Å². The van der Waals surface area contributed by atoms with Gasteiger partial charge in [-0.2, -0.15) is 0 Å². The predicted molar refractivity (Wildman–Crippen MR) is 70.6 cm³/mol. The third-order valence-corrected chi connectivity index (χ3v) is 3.80. The van der Waals surface area contributed by atoms with Crippen LogP contribution >= 0.6 is 11.5 Å². The van der Waals surface area contributed by atoms with E-state index >= 15 is 0 Å². The normalized spacial score (nSPS) is 15.8. The molecule has 1 aliphatic carbocycles. The molecule has 1 saturated carbocycles. The highest BCUT2D eigenvalue weighted by Gasteiger charge is 2.29. The maximum Gasteiger partial charge on any atom is 0.148 e. The summed E-state index contributed by atoms with van der Waals surface area (Å²) >= 11 is 1.32. The second-order valence-electron chi connectivity index (χ2n) is 5.08. The van der Waals surface area contributed by atoms with Crippen LogP contribution in [0.4, 0.5) is 5.00 Å². The molecule has 0 radical (unpaired) electrons. The first kappa shape index (κ1) is 12.7. The van der Waals surface area contributed by atoms with Crippen molar-refractivity contribution in [2.45, 2.75) is 45.7 Å². The van der Waals surface area contributed by atoms with Crippen LogP contribution < -0.4 is 11.3 Å². The lowest BCUT2D eigenvalue weighted by Crippen LogP contribution is -2.28. The molecule has 1 aromatic rings. The molecule has 0 unspecified atom stereocenters. The molecule has 0 aliphatic heterocycles. The fourth-order valence-electron chi connectivity index (χ4n) is 1.87. The van der Waals surface area contributed by atoms with Gasteiger partial charge in [0.15, 0.2) is 0 Å². The molecule has 2 rings (SSSR count). The van der Waals surface area contributed by atoms with Crippen LogP contribution in [0.25, 0.3) is 0 Å². The minimum Gasteiger partial charge on any atom is -0.313 e. The fraction of sp³-hybridized carbons (Fsp3) is 0.818. The Morgan fingerprint density at radius 3 is 2.88 bits per heavy atom. The van der Waals surface area contributed by atoms with E-state index in [2.05, 4.69) is 33.8 Å². The summed E-state index contributed by atoms with van der Waals surface area (Å²) in [5.74, 6) is 6.19. The molecule has 5 nitrogen and oxygen atoms in total. The number of anilines is 1. The van der Waals surface area contributed by atoms with Crippen molar-refractivity contribution >= 4 is 16.5 Å². The fourth-order valence-corrected chi connectivity index (χ4v) is 2.35. The zero-order valence-corrected chi connectivity index (χ0v) is 11.3. The molecular formula is C11H21N5S. The van der Waals surface area contributed by atoms with Crippen molar-refractivity contribution in [3.05, 3.63) is 5.69 Å². The Morgan fingerprint density at radius 2 is 2.29 bits per heavy atom. The van der Waals surface area contributed by atoms with E-state index in [-0.39, 0.29) is 0 Å². The number of rotatable bonds is 7. The Labute approximate surface area is 107 Å². The van der Waals surface area contributed by atoms with Crippen LogP contribution in [0.5, 0.6) is 0 Å². The van der Waals surface area contributed by atoms with E-state index in [9.17, 15) is 0 Å². The predicted octanol–water partition coefficient (Wildman–Crippen LogP) is 1.83. The molecule has 0 aromatic carbocycles. The number of nitrogens with two attached hydrogens (primary N) is 1. The number of hydrogen-bond donors (Lipinski definition) is 2. The van der Waals surface area contributed by atoms with Gasteiger partial charge in [-0.25, -0.2) is 5.84 Å². The second kappa shape index (κ2) is 5.75. The van der Waals surface area contributed by atoms with Crippen LogP contribution in [0.1, 0.15) is 38.8 Å². The van der Waals surface area contributed by atoms with Gasteiger partial charge < -0.3 is 5.43 Å². The van der Waals surface area contributed by atoms with Gasteiger partial charge in [0.05, 0.1) is 0 Å². The van der Waals surface area contributed by atoms with Gasteiger partial charge in [0.1, 0.15) is 10.7 Å². The van der Waals surface area contributed by atoms with E-state index in [0.717, 1.165) is 35.7 Å². The summed E-state index contributed by atoms with van der Waals surface area (Å²) in [4.78, 5) is 2.51. The average molecular weight is 255 g/mol. The van der Waals surface area contributed by atoms with Crippen molar-refractivity contribution < 1.29 is 0 Å². The molecule has 1 fully saturated rings. The molecule has 0 bridgehead atoms. The van der Waals surface area contributed by atoms with Crippen molar-refractivity contribution in [3.8, 4) is 0 Å². The molecule has 3 N–H and O–H groups in total. The van der Waals surface area contributed by atoms with E-state index in [1.807, 2.05) is 0 Å². The quantitative estimate of drug-likeness (QED) is 0.575. The van der Waals surface area contributed by atoms with Crippen LogP contribution in [-0.4, -0.2) is 27.1 Å².